The lowest BCUT2D eigenvalue weighted by atomic mass is 9.88. The summed E-state index contributed by atoms with van der Waals surface area (Å²) < 4.78 is 0. The fourth-order valence-corrected chi connectivity index (χ4v) is 3.56. The molecule has 1 aliphatic carbocycles. The molecule has 4 nitrogen and oxygen atoms in total. The molecular weight excluding hydrogens is 274 g/mol. The van der Waals surface area contributed by atoms with Crippen molar-refractivity contribution in [2.45, 2.75) is 31.7 Å². The molecule has 1 fully saturated rings. The van der Waals surface area contributed by atoms with Crippen LogP contribution in [-0.4, -0.2) is 61.5 Å². The van der Waals surface area contributed by atoms with Crippen LogP contribution in [0.2, 0.25) is 0 Å². The van der Waals surface area contributed by atoms with Gasteiger partial charge in [0.05, 0.1) is 6.54 Å². The van der Waals surface area contributed by atoms with Crippen molar-refractivity contribution in [1.29, 1.82) is 0 Å². The van der Waals surface area contributed by atoms with Crippen LogP contribution in [0.5, 0.6) is 0 Å². The van der Waals surface area contributed by atoms with Crippen molar-refractivity contribution in [2.75, 3.05) is 39.8 Å². The van der Waals surface area contributed by atoms with Gasteiger partial charge in [0.1, 0.15) is 0 Å². The number of fused-ring (bicyclic) bond motifs is 1. The number of aryl methyl sites for hydroxylation is 1. The molecule has 1 saturated heterocycles. The Labute approximate surface area is 133 Å². The molecule has 2 aliphatic rings. The molecule has 0 radical (unpaired) electrons. The van der Waals surface area contributed by atoms with Gasteiger partial charge in [-0.05, 0) is 56.9 Å². The minimum absolute atomic E-state index is 0.189. The van der Waals surface area contributed by atoms with Crippen molar-refractivity contribution in [3.63, 3.8) is 0 Å². The maximum Gasteiger partial charge on any atom is 0.234 e. The van der Waals surface area contributed by atoms with Gasteiger partial charge in [-0.15, -0.1) is 0 Å². The second kappa shape index (κ2) is 7.25. The van der Waals surface area contributed by atoms with E-state index in [0.717, 1.165) is 51.9 Å². The third kappa shape index (κ3) is 4.08. The molecule has 1 aliphatic heterocycles. The van der Waals surface area contributed by atoms with Crippen molar-refractivity contribution in [1.82, 2.24) is 15.1 Å². The first kappa shape index (κ1) is 15.5. The fourth-order valence-electron chi connectivity index (χ4n) is 3.56. The van der Waals surface area contributed by atoms with Crippen LogP contribution in [0.3, 0.4) is 0 Å². The Hall–Kier alpha value is -1.39. The number of likely N-dealkylation sites (N-methyl/N-ethyl adjacent to an activating group) is 1. The number of amides is 1. The first-order chi connectivity index (χ1) is 10.7. The van der Waals surface area contributed by atoms with Crippen molar-refractivity contribution in [2.24, 2.45) is 0 Å². The predicted octanol–water partition coefficient (Wildman–Crippen LogP) is 1.30. The van der Waals surface area contributed by atoms with E-state index in [2.05, 4.69) is 46.4 Å². The lowest BCUT2D eigenvalue weighted by Gasteiger charge is -2.27. The molecule has 22 heavy (non-hydrogen) atoms. The van der Waals surface area contributed by atoms with E-state index in [1.807, 2.05) is 0 Å². The smallest absolute Gasteiger partial charge is 0.234 e. The number of carbonyl (C=O) groups excluding carboxylic acids is 1. The third-order valence-electron chi connectivity index (χ3n) is 4.89. The number of hydrogen-bond donors (Lipinski definition) is 1. The summed E-state index contributed by atoms with van der Waals surface area (Å²) in [4.78, 5) is 16.9. The average molecular weight is 301 g/mol. The molecule has 1 aromatic rings. The van der Waals surface area contributed by atoms with Crippen molar-refractivity contribution in [3.05, 3.63) is 35.4 Å². The van der Waals surface area contributed by atoms with E-state index in [1.54, 1.807) is 0 Å². The van der Waals surface area contributed by atoms with Gasteiger partial charge in [-0.25, -0.2) is 0 Å². The molecular formula is C18H27N3O. The van der Waals surface area contributed by atoms with E-state index < -0.39 is 0 Å². The highest BCUT2D eigenvalue weighted by molar-refractivity contribution is 5.78. The Morgan fingerprint density at radius 2 is 2.00 bits per heavy atom. The van der Waals surface area contributed by atoms with Crippen LogP contribution in [0.4, 0.5) is 0 Å². The normalized spacial score (nSPS) is 23.6. The van der Waals surface area contributed by atoms with Crippen molar-refractivity contribution >= 4 is 5.91 Å². The Balaban J connectivity index is 1.48. The molecule has 0 aromatic heterocycles. The third-order valence-corrected chi connectivity index (χ3v) is 4.89. The number of hydrogen-bond acceptors (Lipinski definition) is 3. The Kier molecular flexibility index (Phi) is 5.11. The summed E-state index contributed by atoms with van der Waals surface area (Å²) in [6.45, 7) is 4.77. The van der Waals surface area contributed by atoms with Gasteiger partial charge in [-0.2, -0.15) is 0 Å². The Morgan fingerprint density at radius 1 is 1.18 bits per heavy atom. The van der Waals surface area contributed by atoms with Crippen LogP contribution in [0, 0.1) is 0 Å². The Morgan fingerprint density at radius 3 is 2.86 bits per heavy atom. The molecule has 1 N–H and O–H groups in total. The molecule has 0 bridgehead atoms. The van der Waals surface area contributed by atoms with Gasteiger partial charge in [0.25, 0.3) is 0 Å². The van der Waals surface area contributed by atoms with E-state index in [4.69, 9.17) is 0 Å². The highest BCUT2D eigenvalue weighted by Gasteiger charge is 2.21. The molecule has 0 saturated carbocycles. The topological polar surface area (TPSA) is 35.6 Å². The van der Waals surface area contributed by atoms with Gasteiger partial charge in [0.2, 0.25) is 5.91 Å². The molecule has 1 amide bonds. The Bertz CT molecular complexity index is 517. The average Bonchev–Trinajstić information content (AvgIpc) is 2.72. The van der Waals surface area contributed by atoms with Crippen LogP contribution in [0.25, 0.3) is 0 Å². The highest BCUT2D eigenvalue weighted by Crippen LogP contribution is 2.20. The number of rotatable bonds is 3. The van der Waals surface area contributed by atoms with Gasteiger partial charge in [0, 0.05) is 19.1 Å². The molecule has 1 aromatic carbocycles. The lowest BCUT2D eigenvalue weighted by Crippen LogP contribution is -2.45. The number of nitrogens with one attached hydrogen (secondary N) is 1. The molecule has 3 rings (SSSR count). The predicted molar refractivity (Wildman–Crippen MR) is 89.0 cm³/mol. The maximum absolute atomic E-state index is 12.3. The van der Waals surface area contributed by atoms with E-state index >= 15 is 0 Å². The van der Waals surface area contributed by atoms with Gasteiger partial charge in [-0.1, -0.05) is 24.3 Å². The largest absolute Gasteiger partial charge is 0.352 e. The standard InChI is InChI=1S/C18H27N3O/c1-20-9-4-10-21(12-11-20)14-18(22)19-17-8-7-15-5-2-3-6-16(15)13-17/h2-3,5-6,17H,4,7-14H2,1H3,(H,19,22). The SMILES string of the molecule is CN1CCCN(CC(=O)NC2CCc3ccccc3C2)CC1. The van der Waals surface area contributed by atoms with E-state index in [0.29, 0.717) is 12.6 Å². The van der Waals surface area contributed by atoms with E-state index in [-0.39, 0.29) is 5.91 Å². The quantitative estimate of drug-likeness (QED) is 0.914. The highest BCUT2D eigenvalue weighted by atomic mass is 16.2. The molecule has 0 spiro atoms. The van der Waals surface area contributed by atoms with Gasteiger partial charge in [-0.3, -0.25) is 9.69 Å². The number of benzene rings is 1. The second-order valence-corrected chi connectivity index (χ2v) is 6.71. The van der Waals surface area contributed by atoms with Crippen LogP contribution in [0.1, 0.15) is 24.0 Å². The van der Waals surface area contributed by atoms with Crippen LogP contribution in [0.15, 0.2) is 24.3 Å². The van der Waals surface area contributed by atoms with E-state index in [9.17, 15) is 4.79 Å². The summed E-state index contributed by atoms with van der Waals surface area (Å²) in [6.07, 6.45) is 4.27. The fraction of sp³-hybridized carbons (Fsp3) is 0.611. The zero-order chi connectivity index (χ0) is 15.4. The zero-order valence-electron chi connectivity index (χ0n) is 13.6. The summed E-state index contributed by atoms with van der Waals surface area (Å²) in [6, 6.07) is 8.90. The zero-order valence-corrected chi connectivity index (χ0v) is 13.6. The molecule has 1 heterocycles. The maximum atomic E-state index is 12.3. The first-order valence-electron chi connectivity index (χ1n) is 8.48. The van der Waals surface area contributed by atoms with Gasteiger partial charge >= 0.3 is 0 Å². The first-order valence-corrected chi connectivity index (χ1v) is 8.48. The molecule has 1 atom stereocenters. The summed E-state index contributed by atoms with van der Waals surface area (Å²) in [5, 5.41) is 3.24. The molecule has 120 valence electrons. The summed E-state index contributed by atoms with van der Waals surface area (Å²) in [5.74, 6) is 0.189. The van der Waals surface area contributed by atoms with Gasteiger partial charge < -0.3 is 10.2 Å². The van der Waals surface area contributed by atoms with E-state index in [1.165, 1.54) is 11.1 Å². The minimum Gasteiger partial charge on any atom is -0.352 e. The van der Waals surface area contributed by atoms with Crippen LogP contribution >= 0.6 is 0 Å². The number of nitrogens with zero attached hydrogens (tertiary/aromatic N) is 2. The number of carbonyl (C=O) groups is 1. The monoisotopic (exact) mass is 301 g/mol. The summed E-state index contributed by atoms with van der Waals surface area (Å²) >= 11 is 0. The molecule has 4 heteroatoms. The minimum atomic E-state index is 0.189. The lowest BCUT2D eigenvalue weighted by molar-refractivity contribution is -0.123. The molecule has 1 unspecified atom stereocenters. The van der Waals surface area contributed by atoms with Gasteiger partial charge in [0.15, 0.2) is 0 Å². The van der Waals surface area contributed by atoms with Crippen LogP contribution in [-0.2, 0) is 17.6 Å². The second-order valence-electron chi connectivity index (χ2n) is 6.71. The summed E-state index contributed by atoms with van der Waals surface area (Å²) in [7, 11) is 2.16. The van der Waals surface area contributed by atoms with Crippen LogP contribution < -0.4 is 5.32 Å². The van der Waals surface area contributed by atoms with Crippen molar-refractivity contribution in [3.8, 4) is 0 Å². The summed E-state index contributed by atoms with van der Waals surface area (Å²) in [5.41, 5.74) is 2.85. The van der Waals surface area contributed by atoms with Crippen molar-refractivity contribution < 1.29 is 4.79 Å².